The van der Waals surface area contributed by atoms with Gasteiger partial charge in [-0.1, -0.05) is 24.3 Å². The second-order valence-corrected chi connectivity index (χ2v) is 4.70. The van der Waals surface area contributed by atoms with Crippen LogP contribution in [-0.4, -0.2) is 17.6 Å². The highest BCUT2D eigenvalue weighted by Gasteiger charge is 2.16. The van der Waals surface area contributed by atoms with Crippen LogP contribution in [0.1, 0.15) is 18.1 Å². The Balaban J connectivity index is 2.02. The number of aliphatic hydroxyl groups is 1. The molecule has 0 aliphatic heterocycles. The third-order valence-electron chi connectivity index (χ3n) is 2.99. The fourth-order valence-corrected chi connectivity index (χ4v) is 1.98. The summed E-state index contributed by atoms with van der Waals surface area (Å²) < 4.78 is 42.0. The highest BCUT2D eigenvalue weighted by atomic mass is 19.3. The van der Waals surface area contributed by atoms with Crippen LogP contribution < -0.4 is 10.1 Å². The minimum atomic E-state index is -3.02. The zero-order valence-electron chi connectivity index (χ0n) is 11.9. The van der Waals surface area contributed by atoms with Gasteiger partial charge in [-0.3, -0.25) is 4.79 Å². The van der Waals surface area contributed by atoms with Crippen LogP contribution in [0.3, 0.4) is 0 Å². The number of hydrogen-bond acceptors (Lipinski definition) is 3. The van der Waals surface area contributed by atoms with Gasteiger partial charge in [0.25, 0.3) is 0 Å². The molecule has 0 saturated heterocycles. The van der Waals surface area contributed by atoms with Gasteiger partial charge in [0.1, 0.15) is 11.6 Å². The van der Waals surface area contributed by atoms with Crippen LogP contribution in [0.4, 0.5) is 18.9 Å². The number of alkyl halides is 2. The lowest BCUT2D eigenvalue weighted by atomic mass is 10.1. The van der Waals surface area contributed by atoms with Crippen molar-refractivity contribution in [3.05, 3.63) is 59.9 Å². The summed E-state index contributed by atoms with van der Waals surface area (Å²) in [5.41, 5.74) is 0.307. The molecular formula is C16H14F3NO3. The van der Waals surface area contributed by atoms with E-state index in [2.05, 4.69) is 10.1 Å². The summed E-state index contributed by atoms with van der Waals surface area (Å²) in [7, 11) is 0. The van der Waals surface area contributed by atoms with E-state index in [1.165, 1.54) is 42.5 Å². The van der Waals surface area contributed by atoms with Crippen molar-refractivity contribution in [2.75, 3.05) is 5.32 Å². The van der Waals surface area contributed by atoms with Crippen LogP contribution in [0.5, 0.6) is 5.75 Å². The first kappa shape index (κ1) is 16.8. The SMILES string of the molecule is O=C(CC(O)c1cccc(F)c1)Nc1ccccc1OC(F)F. The Kier molecular flexibility index (Phi) is 5.59. The second kappa shape index (κ2) is 7.64. The molecule has 2 aromatic carbocycles. The number of aliphatic hydroxyl groups excluding tert-OH is 1. The molecule has 0 spiro atoms. The van der Waals surface area contributed by atoms with Gasteiger partial charge in [-0.25, -0.2) is 4.39 Å². The molecule has 0 bridgehead atoms. The predicted molar refractivity (Wildman–Crippen MR) is 77.7 cm³/mol. The molecule has 0 aromatic heterocycles. The third-order valence-corrected chi connectivity index (χ3v) is 2.99. The van der Waals surface area contributed by atoms with E-state index in [-0.39, 0.29) is 23.4 Å². The van der Waals surface area contributed by atoms with Gasteiger partial charge in [0, 0.05) is 0 Å². The van der Waals surface area contributed by atoms with Gasteiger partial charge in [-0.05, 0) is 29.8 Å². The summed E-state index contributed by atoms with van der Waals surface area (Å²) in [6, 6.07) is 10.9. The maximum absolute atomic E-state index is 13.1. The number of benzene rings is 2. The molecule has 0 radical (unpaired) electrons. The van der Waals surface area contributed by atoms with Gasteiger partial charge in [0.15, 0.2) is 0 Å². The highest BCUT2D eigenvalue weighted by Crippen LogP contribution is 2.26. The smallest absolute Gasteiger partial charge is 0.387 e. The summed E-state index contributed by atoms with van der Waals surface area (Å²) in [4.78, 5) is 11.9. The summed E-state index contributed by atoms with van der Waals surface area (Å²) >= 11 is 0. The molecule has 1 unspecified atom stereocenters. The molecule has 2 rings (SSSR count). The average Bonchev–Trinajstić information content (AvgIpc) is 2.48. The zero-order chi connectivity index (χ0) is 16.8. The van der Waals surface area contributed by atoms with Crippen molar-refractivity contribution in [1.82, 2.24) is 0 Å². The Morgan fingerprint density at radius 1 is 1.17 bits per heavy atom. The molecule has 23 heavy (non-hydrogen) atoms. The Labute approximate surface area is 130 Å². The maximum Gasteiger partial charge on any atom is 0.387 e. The lowest BCUT2D eigenvalue weighted by Gasteiger charge is -2.14. The number of para-hydroxylation sites is 2. The third kappa shape index (κ3) is 5.00. The Bertz CT molecular complexity index is 679. The number of halogens is 3. The molecule has 0 heterocycles. The monoisotopic (exact) mass is 325 g/mol. The Morgan fingerprint density at radius 2 is 1.91 bits per heavy atom. The first-order valence-electron chi connectivity index (χ1n) is 6.73. The van der Waals surface area contributed by atoms with Crippen molar-refractivity contribution >= 4 is 11.6 Å². The lowest BCUT2D eigenvalue weighted by molar-refractivity contribution is -0.118. The number of carbonyl (C=O) groups excluding carboxylic acids is 1. The number of ether oxygens (including phenoxy) is 1. The maximum atomic E-state index is 13.1. The number of amides is 1. The van der Waals surface area contributed by atoms with E-state index in [1.54, 1.807) is 0 Å². The van der Waals surface area contributed by atoms with Crippen LogP contribution >= 0.6 is 0 Å². The molecule has 7 heteroatoms. The van der Waals surface area contributed by atoms with E-state index >= 15 is 0 Å². The summed E-state index contributed by atoms with van der Waals surface area (Å²) in [5.74, 6) is -1.33. The van der Waals surface area contributed by atoms with E-state index in [9.17, 15) is 23.1 Å². The quantitative estimate of drug-likeness (QED) is 0.855. The van der Waals surface area contributed by atoms with Gasteiger partial charge in [0.05, 0.1) is 18.2 Å². The van der Waals surface area contributed by atoms with Crippen molar-refractivity contribution < 1.29 is 27.8 Å². The summed E-state index contributed by atoms with van der Waals surface area (Å²) in [5, 5.41) is 12.3. The van der Waals surface area contributed by atoms with Gasteiger partial charge in [-0.15, -0.1) is 0 Å². The molecule has 122 valence electrons. The standard InChI is InChI=1S/C16H14F3NO3/c17-11-5-3-4-10(8-11)13(21)9-15(22)20-12-6-1-2-7-14(12)23-16(18)19/h1-8,13,16,21H,9H2,(H,20,22). The van der Waals surface area contributed by atoms with Crippen molar-refractivity contribution in [3.8, 4) is 5.75 Å². The van der Waals surface area contributed by atoms with E-state index in [0.29, 0.717) is 0 Å². The number of carbonyl (C=O) groups is 1. The molecule has 0 saturated carbocycles. The van der Waals surface area contributed by atoms with Crippen molar-refractivity contribution in [2.24, 2.45) is 0 Å². The van der Waals surface area contributed by atoms with Crippen LogP contribution in [0.25, 0.3) is 0 Å². The normalized spacial score (nSPS) is 12.0. The fourth-order valence-electron chi connectivity index (χ4n) is 1.98. The van der Waals surface area contributed by atoms with Crippen LogP contribution in [-0.2, 0) is 4.79 Å². The average molecular weight is 325 g/mol. The molecule has 2 N–H and O–H groups in total. The minimum Gasteiger partial charge on any atom is -0.433 e. The molecule has 0 aliphatic rings. The van der Waals surface area contributed by atoms with Gasteiger partial charge in [0.2, 0.25) is 5.91 Å². The second-order valence-electron chi connectivity index (χ2n) is 4.70. The summed E-state index contributed by atoms with van der Waals surface area (Å²) in [6.07, 6.45) is -1.57. The largest absolute Gasteiger partial charge is 0.433 e. The fraction of sp³-hybridized carbons (Fsp3) is 0.188. The number of nitrogens with one attached hydrogen (secondary N) is 1. The number of hydrogen-bond donors (Lipinski definition) is 2. The predicted octanol–water partition coefficient (Wildman–Crippen LogP) is 3.49. The molecule has 2 aromatic rings. The van der Waals surface area contributed by atoms with Crippen molar-refractivity contribution in [1.29, 1.82) is 0 Å². The van der Waals surface area contributed by atoms with E-state index in [0.717, 1.165) is 6.07 Å². The van der Waals surface area contributed by atoms with E-state index in [4.69, 9.17) is 0 Å². The molecule has 1 atom stereocenters. The number of anilines is 1. The van der Waals surface area contributed by atoms with Gasteiger partial charge < -0.3 is 15.2 Å². The topological polar surface area (TPSA) is 58.6 Å². The van der Waals surface area contributed by atoms with Crippen LogP contribution in [0.2, 0.25) is 0 Å². The molecule has 0 aliphatic carbocycles. The van der Waals surface area contributed by atoms with Crippen molar-refractivity contribution in [3.63, 3.8) is 0 Å². The number of rotatable bonds is 6. The first-order chi connectivity index (χ1) is 11.0. The van der Waals surface area contributed by atoms with Crippen LogP contribution in [0, 0.1) is 5.82 Å². The summed E-state index contributed by atoms with van der Waals surface area (Å²) in [6.45, 7) is -3.02. The first-order valence-corrected chi connectivity index (χ1v) is 6.73. The van der Waals surface area contributed by atoms with Crippen LogP contribution in [0.15, 0.2) is 48.5 Å². The molecule has 4 nitrogen and oxygen atoms in total. The van der Waals surface area contributed by atoms with Crippen molar-refractivity contribution in [2.45, 2.75) is 19.1 Å². The Hall–Kier alpha value is -2.54. The highest BCUT2D eigenvalue weighted by molar-refractivity contribution is 5.92. The van der Waals surface area contributed by atoms with E-state index in [1.807, 2.05) is 0 Å². The van der Waals surface area contributed by atoms with Gasteiger partial charge >= 0.3 is 6.61 Å². The Morgan fingerprint density at radius 3 is 2.61 bits per heavy atom. The molecule has 0 fully saturated rings. The molecule has 1 amide bonds. The van der Waals surface area contributed by atoms with E-state index < -0.39 is 24.4 Å². The molecular weight excluding hydrogens is 311 g/mol. The van der Waals surface area contributed by atoms with Gasteiger partial charge in [-0.2, -0.15) is 8.78 Å². The zero-order valence-corrected chi connectivity index (χ0v) is 11.9. The lowest BCUT2D eigenvalue weighted by Crippen LogP contribution is -2.16. The minimum absolute atomic E-state index is 0.0595.